The van der Waals surface area contributed by atoms with Gasteiger partial charge in [-0.1, -0.05) is 0 Å². The van der Waals surface area contributed by atoms with Gasteiger partial charge in [0.05, 0.1) is 12.2 Å². The molecule has 0 bridgehead atoms. The van der Waals surface area contributed by atoms with Crippen molar-refractivity contribution in [1.82, 2.24) is 14.8 Å². The van der Waals surface area contributed by atoms with Crippen molar-refractivity contribution in [3.63, 3.8) is 0 Å². The molecule has 9 nitrogen and oxygen atoms in total. The van der Waals surface area contributed by atoms with Gasteiger partial charge in [0.1, 0.15) is 0 Å². The monoisotopic (exact) mass is 503 g/mol. The molecule has 0 unspecified atom stereocenters. The molecule has 34 heavy (non-hydrogen) atoms. The number of aliphatic carboxylic acids is 2. The van der Waals surface area contributed by atoms with Gasteiger partial charge in [-0.3, -0.25) is 9.78 Å². The predicted molar refractivity (Wildman–Crippen MR) is 103 cm³/mol. The van der Waals surface area contributed by atoms with E-state index in [0.29, 0.717) is 11.0 Å². The highest BCUT2D eigenvalue weighted by molar-refractivity contribution is 5.94. The highest BCUT2D eigenvalue weighted by atomic mass is 19.4. The van der Waals surface area contributed by atoms with Gasteiger partial charge in [-0.25, -0.2) is 9.59 Å². The minimum absolute atomic E-state index is 0.110. The molecule has 192 valence electrons. The van der Waals surface area contributed by atoms with Crippen LogP contribution in [-0.4, -0.2) is 102 Å². The van der Waals surface area contributed by atoms with Gasteiger partial charge in [-0.2, -0.15) is 26.3 Å². The van der Waals surface area contributed by atoms with Gasteiger partial charge in [-0.05, 0) is 25.1 Å². The zero-order valence-corrected chi connectivity index (χ0v) is 17.9. The lowest BCUT2D eigenvalue weighted by atomic mass is 9.79. The zero-order valence-electron chi connectivity index (χ0n) is 17.9. The van der Waals surface area contributed by atoms with Crippen molar-refractivity contribution in [2.75, 3.05) is 46.4 Å². The van der Waals surface area contributed by atoms with Crippen molar-refractivity contribution in [1.29, 1.82) is 0 Å². The number of rotatable bonds is 4. The average molecular weight is 503 g/mol. The predicted octanol–water partition coefficient (Wildman–Crippen LogP) is 2.14. The fraction of sp³-hybridized carbons (Fsp3) is 0.579. The van der Waals surface area contributed by atoms with E-state index in [1.807, 2.05) is 17.0 Å². The van der Waals surface area contributed by atoms with E-state index in [1.165, 1.54) is 6.42 Å². The molecular weight excluding hydrogens is 480 g/mol. The van der Waals surface area contributed by atoms with Gasteiger partial charge in [0.25, 0.3) is 5.91 Å². The number of hydrogen-bond donors (Lipinski definition) is 2. The molecule has 0 saturated carbocycles. The molecule has 15 heteroatoms. The molecule has 0 aromatic carbocycles. The molecule has 0 aliphatic carbocycles. The van der Waals surface area contributed by atoms with Crippen LogP contribution in [0.4, 0.5) is 26.3 Å². The van der Waals surface area contributed by atoms with Crippen LogP contribution in [0.1, 0.15) is 16.8 Å². The second-order valence-electron chi connectivity index (χ2n) is 7.53. The van der Waals surface area contributed by atoms with E-state index in [1.54, 1.807) is 19.5 Å². The second-order valence-corrected chi connectivity index (χ2v) is 7.53. The van der Waals surface area contributed by atoms with Crippen LogP contribution in [0, 0.1) is 5.41 Å². The van der Waals surface area contributed by atoms with Gasteiger partial charge in [0, 0.05) is 51.1 Å². The number of nitrogens with zero attached hydrogens (tertiary/aromatic N) is 3. The van der Waals surface area contributed by atoms with E-state index >= 15 is 0 Å². The number of alkyl halides is 6. The first kappa shape index (κ1) is 29.1. The lowest BCUT2D eigenvalue weighted by Crippen LogP contribution is -2.59. The van der Waals surface area contributed by atoms with Gasteiger partial charge in [-0.15, -0.1) is 0 Å². The summed E-state index contributed by atoms with van der Waals surface area (Å²) < 4.78 is 68.6. The Bertz CT molecular complexity index is 804. The fourth-order valence-corrected chi connectivity index (χ4v) is 3.28. The molecule has 3 rings (SSSR count). The topological polar surface area (TPSA) is 120 Å². The number of ether oxygens (including phenoxy) is 1. The number of amides is 1. The van der Waals surface area contributed by atoms with Crippen LogP contribution in [0.15, 0.2) is 24.5 Å². The summed E-state index contributed by atoms with van der Waals surface area (Å²) in [6.45, 7) is 5.75. The summed E-state index contributed by atoms with van der Waals surface area (Å²) in [7, 11) is 1.74. The molecule has 1 aromatic heterocycles. The number of carboxylic acid groups (broad SMARTS) is 2. The standard InChI is InChI=1S/C15H21N3O2.2C2HF3O2/c1-20-8-7-17-6-4-15(10-17)11-18(12-15)14(19)13-3-2-5-16-9-13;2*3-2(4,5)1(6)7/h2-3,5,9H,4,6-8,10-12H2,1H3;2*(H,6,7). The summed E-state index contributed by atoms with van der Waals surface area (Å²) in [5.74, 6) is -5.40. The molecule has 2 aliphatic heterocycles. The number of carbonyl (C=O) groups is 3. The Balaban J connectivity index is 0.000000343. The van der Waals surface area contributed by atoms with Crippen LogP contribution in [0.5, 0.6) is 0 Å². The number of aromatic nitrogens is 1. The van der Waals surface area contributed by atoms with Gasteiger partial charge >= 0.3 is 24.3 Å². The highest BCUT2D eigenvalue weighted by Gasteiger charge is 2.49. The quantitative estimate of drug-likeness (QED) is 0.600. The molecule has 2 aliphatic rings. The molecule has 0 atom stereocenters. The minimum atomic E-state index is -5.08. The van der Waals surface area contributed by atoms with Crippen LogP contribution in [0.2, 0.25) is 0 Å². The normalized spacial score (nSPS) is 17.1. The van der Waals surface area contributed by atoms with E-state index in [0.717, 1.165) is 39.3 Å². The summed E-state index contributed by atoms with van der Waals surface area (Å²) in [5, 5.41) is 14.2. The largest absolute Gasteiger partial charge is 0.490 e. The number of pyridine rings is 1. The van der Waals surface area contributed by atoms with E-state index in [-0.39, 0.29) is 5.91 Å². The number of carbonyl (C=O) groups excluding carboxylic acids is 1. The highest BCUT2D eigenvalue weighted by Crippen LogP contribution is 2.39. The van der Waals surface area contributed by atoms with Crippen LogP contribution in [0.3, 0.4) is 0 Å². The number of halogens is 6. The molecule has 2 saturated heterocycles. The van der Waals surface area contributed by atoms with Gasteiger partial charge < -0.3 is 24.7 Å². The summed E-state index contributed by atoms with van der Waals surface area (Å²) in [6, 6.07) is 3.64. The fourth-order valence-electron chi connectivity index (χ4n) is 3.28. The lowest BCUT2D eigenvalue weighted by molar-refractivity contribution is -0.193. The second kappa shape index (κ2) is 12.0. The first-order valence-electron chi connectivity index (χ1n) is 9.62. The average Bonchev–Trinajstić information content (AvgIpc) is 3.15. The maximum absolute atomic E-state index is 12.3. The molecule has 1 spiro atoms. The summed E-state index contributed by atoms with van der Waals surface area (Å²) in [6.07, 6.45) is -5.64. The van der Waals surface area contributed by atoms with E-state index < -0.39 is 24.3 Å². The van der Waals surface area contributed by atoms with Gasteiger partial charge in [0.15, 0.2) is 0 Å². The molecule has 0 radical (unpaired) electrons. The molecule has 2 N–H and O–H groups in total. The SMILES string of the molecule is COCCN1CCC2(C1)CN(C(=O)c1cccnc1)C2.O=C(O)C(F)(F)F.O=C(O)C(F)(F)F. The molecule has 1 amide bonds. The van der Waals surface area contributed by atoms with E-state index in [2.05, 4.69) is 9.88 Å². The van der Waals surface area contributed by atoms with Crippen molar-refractivity contribution >= 4 is 17.8 Å². The Morgan fingerprint density at radius 2 is 1.59 bits per heavy atom. The number of carboxylic acids is 2. The zero-order chi connectivity index (χ0) is 26.2. The minimum Gasteiger partial charge on any atom is -0.475 e. The maximum Gasteiger partial charge on any atom is 0.490 e. The first-order chi connectivity index (χ1) is 15.6. The first-order valence-corrected chi connectivity index (χ1v) is 9.62. The Kier molecular flexibility index (Phi) is 10.2. The summed E-state index contributed by atoms with van der Waals surface area (Å²) in [4.78, 5) is 38.5. The molecule has 3 heterocycles. The van der Waals surface area contributed by atoms with Crippen molar-refractivity contribution in [3.05, 3.63) is 30.1 Å². The van der Waals surface area contributed by atoms with Crippen molar-refractivity contribution in [2.45, 2.75) is 18.8 Å². The number of methoxy groups -OCH3 is 1. The van der Waals surface area contributed by atoms with Crippen molar-refractivity contribution in [3.8, 4) is 0 Å². The molecular formula is C19H23F6N3O6. The smallest absolute Gasteiger partial charge is 0.475 e. The Morgan fingerprint density at radius 1 is 1.06 bits per heavy atom. The summed E-state index contributed by atoms with van der Waals surface area (Å²) in [5.41, 5.74) is 1.02. The Morgan fingerprint density at radius 3 is 2.00 bits per heavy atom. The third-order valence-electron chi connectivity index (χ3n) is 4.86. The van der Waals surface area contributed by atoms with E-state index in [9.17, 15) is 31.1 Å². The Hall–Kier alpha value is -2.94. The van der Waals surface area contributed by atoms with Crippen molar-refractivity contribution < 1.29 is 55.7 Å². The van der Waals surface area contributed by atoms with Crippen LogP contribution in [0.25, 0.3) is 0 Å². The van der Waals surface area contributed by atoms with Crippen LogP contribution < -0.4 is 0 Å². The van der Waals surface area contributed by atoms with Gasteiger partial charge in [0.2, 0.25) is 0 Å². The third kappa shape index (κ3) is 9.13. The third-order valence-corrected chi connectivity index (χ3v) is 4.86. The van der Waals surface area contributed by atoms with Crippen LogP contribution in [-0.2, 0) is 14.3 Å². The number of hydrogen-bond acceptors (Lipinski definition) is 6. The maximum atomic E-state index is 12.3. The summed E-state index contributed by atoms with van der Waals surface area (Å²) >= 11 is 0. The lowest BCUT2D eigenvalue weighted by Gasteiger charge is -2.48. The van der Waals surface area contributed by atoms with E-state index in [4.69, 9.17) is 24.5 Å². The molecule has 2 fully saturated rings. The Labute approximate surface area is 189 Å². The number of likely N-dealkylation sites (tertiary alicyclic amines) is 2. The van der Waals surface area contributed by atoms with Crippen molar-refractivity contribution in [2.24, 2.45) is 5.41 Å². The molecule has 1 aromatic rings. The van der Waals surface area contributed by atoms with Crippen LogP contribution >= 0.6 is 0 Å².